The van der Waals surface area contributed by atoms with Crippen molar-refractivity contribution in [1.82, 2.24) is 10.6 Å². The largest absolute Gasteiger partial charge is 0.445 e. The first-order valence-corrected chi connectivity index (χ1v) is 12.8. The van der Waals surface area contributed by atoms with E-state index < -0.39 is 48.4 Å². The van der Waals surface area contributed by atoms with Crippen LogP contribution in [0.1, 0.15) is 70.8 Å². The molecule has 2 rings (SSSR count). The number of aliphatic hydroxyl groups excluding tert-OH is 1. The first kappa shape index (κ1) is 29.3. The molecule has 1 fully saturated rings. The lowest BCUT2D eigenvalue weighted by molar-refractivity contribution is -0.128. The van der Waals surface area contributed by atoms with Gasteiger partial charge in [-0.2, -0.15) is 0 Å². The van der Waals surface area contributed by atoms with Crippen molar-refractivity contribution >= 4 is 24.2 Å². The van der Waals surface area contributed by atoms with Crippen LogP contribution < -0.4 is 16.4 Å². The topological polar surface area (TPSA) is 148 Å². The number of nitrogens with one attached hydrogen (secondary N) is 2. The summed E-state index contributed by atoms with van der Waals surface area (Å²) in [5, 5.41) is 16.2. The quantitative estimate of drug-likeness (QED) is 0.307. The van der Waals surface area contributed by atoms with Crippen LogP contribution in [0.4, 0.5) is 4.79 Å². The number of benzene rings is 1. The number of hydrogen-bond acceptors (Lipinski definition) is 6. The Morgan fingerprint density at radius 3 is 2.36 bits per heavy atom. The standard InChI is InChI=1S/C27H40N3O6/c1-18(2)21(16-31)14-24(32)22(13-19-9-5-3-6-10-19)29-26(34)23(15-25(28)33)30-27(35)36-17-20-11-7-4-8-12-20/h4,7-8,11-12,18-19,21-24,32H,3,5-6,9-10,13-15,17H2,1-2H3,(H2,28,33)(H,29,34)(H,30,35)/t21-,22+,23+,24+/m1/s1. The zero-order valence-corrected chi connectivity index (χ0v) is 21.3. The number of nitrogens with two attached hydrogens (primary N) is 1. The fourth-order valence-corrected chi connectivity index (χ4v) is 4.58. The molecule has 36 heavy (non-hydrogen) atoms. The first-order valence-electron chi connectivity index (χ1n) is 12.8. The molecule has 1 saturated carbocycles. The van der Waals surface area contributed by atoms with E-state index in [9.17, 15) is 24.3 Å². The highest BCUT2D eigenvalue weighted by atomic mass is 16.5. The molecule has 0 aliphatic heterocycles. The number of ether oxygens (including phenoxy) is 1. The number of hydrogen-bond donors (Lipinski definition) is 4. The Kier molecular flexibility index (Phi) is 12.4. The minimum atomic E-state index is -1.26. The average molecular weight is 503 g/mol. The summed E-state index contributed by atoms with van der Waals surface area (Å²) in [7, 11) is 0. The van der Waals surface area contributed by atoms with Gasteiger partial charge in [-0.05, 0) is 30.2 Å². The molecule has 9 nitrogen and oxygen atoms in total. The Bertz CT molecular complexity index is 841. The van der Waals surface area contributed by atoms with Gasteiger partial charge in [-0.1, -0.05) is 76.3 Å². The van der Waals surface area contributed by atoms with Gasteiger partial charge < -0.3 is 26.2 Å². The number of primary amides is 1. The van der Waals surface area contributed by atoms with Crippen LogP contribution in [0.2, 0.25) is 0 Å². The molecule has 1 aliphatic carbocycles. The van der Waals surface area contributed by atoms with Gasteiger partial charge in [0.25, 0.3) is 0 Å². The van der Waals surface area contributed by atoms with E-state index >= 15 is 0 Å². The van der Waals surface area contributed by atoms with E-state index in [1.54, 1.807) is 12.1 Å². The van der Waals surface area contributed by atoms with Crippen LogP contribution in [0.25, 0.3) is 0 Å². The smallest absolute Gasteiger partial charge is 0.408 e. The predicted octanol–water partition coefficient (Wildman–Crippen LogP) is 2.74. The fourth-order valence-electron chi connectivity index (χ4n) is 4.58. The summed E-state index contributed by atoms with van der Waals surface area (Å²) in [6.07, 6.45) is 5.78. The number of carbonyl (C=O) groups excluding carboxylic acids is 4. The maximum atomic E-state index is 13.2. The Labute approximate surface area is 213 Å². The zero-order valence-electron chi connectivity index (χ0n) is 21.3. The highest BCUT2D eigenvalue weighted by Crippen LogP contribution is 2.29. The van der Waals surface area contributed by atoms with Crippen molar-refractivity contribution in [2.45, 2.75) is 90.0 Å². The van der Waals surface area contributed by atoms with E-state index in [1.165, 1.54) is 6.42 Å². The van der Waals surface area contributed by atoms with Crippen molar-refractivity contribution in [3.05, 3.63) is 35.9 Å². The normalized spacial score (nSPS) is 17.4. The van der Waals surface area contributed by atoms with Crippen LogP contribution in [0.3, 0.4) is 0 Å². The molecule has 0 heterocycles. The number of carbonyl (C=O) groups is 3. The molecule has 4 atom stereocenters. The molecule has 199 valence electrons. The fraction of sp³-hybridized carbons (Fsp3) is 0.630. The summed E-state index contributed by atoms with van der Waals surface area (Å²) in [5.74, 6) is -1.56. The van der Waals surface area contributed by atoms with E-state index in [-0.39, 0.29) is 18.9 Å². The third-order valence-electron chi connectivity index (χ3n) is 6.78. The molecule has 1 aliphatic rings. The molecule has 9 heteroatoms. The van der Waals surface area contributed by atoms with Gasteiger partial charge in [-0.3, -0.25) is 14.4 Å². The van der Waals surface area contributed by atoms with Gasteiger partial charge >= 0.3 is 6.09 Å². The lowest BCUT2D eigenvalue weighted by Gasteiger charge is -2.32. The van der Waals surface area contributed by atoms with Crippen molar-refractivity contribution in [2.75, 3.05) is 0 Å². The Morgan fingerprint density at radius 2 is 1.78 bits per heavy atom. The van der Waals surface area contributed by atoms with Gasteiger partial charge in [-0.15, -0.1) is 0 Å². The molecule has 0 unspecified atom stereocenters. The zero-order chi connectivity index (χ0) is 26.5. The SMILES string of the molecule is CC(C)[C@@H]([C]=O)C[C@H](O)[C@H](CC1CCCCC1)NC(=O)[C@H](CC(N)=O)NC(=O)OCc1ccccc1. The minimum absolute atomic E-state index is 0.000606. The van der Waals surface area contributed by atoms with Crippen molar-refractivity contribution in [1.29, 1.82) is 0 Å². The Balaban J connectivity index is 2.08. The van der Waals surface area contributed by atoms with Gasteiger partial charge in [0.1, 0.15) is 12.6 Å². The van der Waals surface area contributed by atoms with Crippen LogP contribution in [0, 0.1) is 17.8 Å². The van der Waals surface area contributed by atoms with Crippen molar-refractivity contribution < 1.29 is 29.0 Å². The third-order valence-corrected chi connectivity index (χ3v) is 6.78. The molecule has 1 radical (unpaired) electrons. The predicted molar refractivity (Wildman–Crippen MR) is 135 cm³/mol. The molecular formula is C27H40N3O6. The molecule has 1 aromatic rings. The third kappa shape index (κ3) is 10.4. The molecule has 3 amide bonds. The van der Waals surface area contributed by atoms with E-state index in [2.05, 4.69) is 10.6 Å². The highest BCUT2D eigenvalue weighted by Gasteiger charge is 2.32. The van der Waals surface area contributed by atoms with Gasteiger partial charge in [0, 0.05) is 5.92 Å². The summed E-state index contributed by atoms with van der Waals surface area (Å²) in [6, 6.07) is 7.14. The van der Waals surface area contributed by atoms with Crippen LogP contribution in [0.5, 0.6) is 0 Å². The van der Waals surface area contributed by atoms with Crippen LogP contribution >= 0.6 is 0 Å². The van der Waals surface area contributed by atoms with Crippen molar-refractivity contribution in [3.63, 3.8) is 0 Å². The van der Waals surface area contributed by atoms with E-state index in [0.717, 1.165) is 31.2 Å². The lowest BCUT2D eigenvalue weighted by Crippen LogP contribution is -2.54. The average Bonchev–Trinajstić information content (AvgIpc) is 2.85. The number of amides is 3. The summed E-state index contributed by atoms with van der Waals surface area (Å²) in [4.78, 5) is 48.5. The van der Waals surface area contributed by atoms with Crippen molar-refractivity contribution in [2.24, 2.45) is 23.5 Å². The van der Waals surface area contributed by atoms with Crippen LogP contribution in [-0.2, 0) is 25.7 Å². The van der Waals surface area contributed by atoms with E-state index in [1.807, 2.05) is 38.3 Å². The van der Waals surface area contributed by atoms with Gasteiger partial charge in [0.2, 0.25) is 18.1 Å². The van der Waals surface area contributed by atoms with Gasteiger partial charge in [0.05, 0.1) is 18.6 Å². The summed E-state index contributed by atoms with van der Waals surface area (Å²) in [5.41, 5.74) is 6.10. The molecule has 0 aromatic heterocycles. The van der Waals surface area contributed by atoms with E-state index in [0.29, 0.717) is 12.3 Å². The van der Waals surface area contributed by atoms with Crippen molar-refractivity contribution in [3.8, 4) is 0 Å². The van der Waals surface area contributed by atoms with Gasteiger partial charge in [0.15, 0.2) is 0 Å². The Morgan fingerprint density at radius 1 is 1.11 bits per heavy atom. The molecule has 1 aromatic carbocycles. The molecular weight excluding hydrogens is 462 g/mol. The van der Waals surface area contributed by atoms with E-state index in [4.69, 9.17) is 10.5 Å². The maximum Gasteiger partial charge on any atom is 0.408 e. The number of aliphatic hydroxyl groups is 1. The summed E-state index contributed by atoms with van der Waals surface area (Å²) < 4.78 is 5.18. The second-order valence-corrected chi connectivity index (χ2v) is 10.1. The monoisotopic (exact) mass is 502 g/mol. The minimum Gasteiger partial charge on any atom is -0.445 e. The second-order valence-electron chi connectivity index (χ2n) is 10.1. The second kappa shape index (κ2) is 15.2. The lowest BCUT2D eigenvalue weighted by atomic mass is 9.81. The highest BCUT2D eigenvalue weighted by molar-refractivity contribution is 5.90. The molecule has 5 N–H and O–H groups in total. The van der Waals surface area contributed by atoms with Gasteiger partial charge in [-0.25, -0.2) is 4.79 Å². The molecule has 0 spiro atoms. The number of rotatable bonds is 14. The van der Waals surface area contributed by atoms with Crippen LogP contribution in [0.15, 0.2) is 30.3 Å². The molecule has 0 saturated heterocycles. The first-order chi connectivity index (χ1) is 17.2. The Hall–Kier alpha value is -2.94. The summed E-state index contributed by atoms with van der Waals surface area (Å²) in [6.45, 7) is 3.76. The number of alkyl carbamates (subject to hydrolysis) is 1. The van der Waals surface area contributed by atoms with Crippen LogP contribution in [-0.4, -0.2) is 47.5 Å². The summed E-state index contributed by atoms with van der Waals surface area (Å²) >= 11 is 0. The maximum absolute atomic E-state index is 13.2. The molecule has 0 bridgehead atoms.